The Morgan fingerprint density at radius 3 is 2.62 bits per heavy atom. The van der Waals surface area contributed by atoms with E-state index >= 15 is 0 Å². The van der Waals surface area contributed by atoms with Crippen LogP contribution in [0.5, 0.6) is 0 Å². The van der Waals surface area contributed by atoms with Gasteiger partial charge in [-0.15, -0.1) is 24.0 Å². The Labute approximate surface area is 193 Å². The lowest BCUT2D eigenvalue weighted by Gasteiger charge is -2.30. The highest BCUT2D eigenvalue weighted by atomic mass is 127. The van der Waals surface area contributed by atoms with Crippen LogP contribution in [-0.2, 0) is 11.3 Å². The lowest BCUT2D eigenvalue weighted by Crippen LogP contribution is -2.43. The molecule has 1 aromatic rings. The Morgan fingerprint density at radius 2 is 1.93 bits per heavy atom. The molecule has 0 atom stereocenters. The first kappa shape index (κ1) is 24.0. The number of hydrogen-bond donors (Lipinski definition) is 2. The molecule has 1 heterocycles. The topological polar surface area (TPSA) is 48.9 Å². The van der Waals surface area contributed by atoms with Gasteiger partial charge < -0.3 is 20.3 Å². The third-order valence-corrected chi connectivity index (χ3v) is 5.99. The first-order valence-electron chi connectivity index (χ1n) is 10.7. The minimum atomic E-state index is 0. The molecule has 0 radical (unpaired) electrons. The van der Waals surface area contributed by atoms with Gasteiger partial charge in [0.1, 0.15) is 0 Å². The van der Waals surface area contributed by atoms with Gasteiger partial charge >= 0.3 is 0 Å². The molecule has 0 spiro atoms. The maximum atomic E-state index is 5.36. The summed E-state index contributed by atoms with van der Waals surface area (Å²) in [6.07, 6.45) is 10.8. The Kier molecular flexibility index (Phi) is 10.3. The van der Waals surface area contributed by atoms with Gasteiger partial charge in [-0.25, -0.2) is 4.99 Å². The summed E-state index contributed by atoms with van der Waals surface area (Å²) in [7, 11) is 1.80. The van der Waals surface area contributed by atoms with E-state index in [0.29, 0.717) is 12.0 Å². The zero-order chi connectivity index (χ0) is 19.7. The molecule has 0 bridgehead atoms. The molecule has 5 nitrogen and oxygen atoms in total. The largest absolute Gasteiger partial charge is 0.385 e. The van der Waals surface area contributed by atoms with Crippen LogP contribution in [-0.4, -0.2) is 45.9 Å². The van der Waals surface area contributed by atoms with Crippen molar-refractivity contribution in [1.29, 1.82) is 0 Å². The van der Waals surface area contributed by atoms with Crippen molar-refractivity contribution in [3.05, 3.63) is 42.0 Å². The summed E-state index contributed by atoms with van der Waals surface area (Å²) in [6.45, 7) is 7.50. The van der Waals surface area contributed by atoms with Gasteiger partial charge in [0.25, 0.3) is 0 Å². The van der Waals surface area contributed by atoms with Crippen LogP contribution in [0.2, 0.25) is 0 Å². The third-order valence-electron chi connectivity index (χ3n) is 5.99. The summed E-state index contributed by atoms with van der Waals surface area (Å²) in [5.74, 6) is 0.916. The van der Waals surface area contributed by atoms with Crippen LogP contribution in [0.1, 0.15) is 44.6 Å². The second-order valence-electron chi connectivity index (χ2n) is 8.04. The number of nitrogens with zero attached hydrogens (tertiary/aromatic N) is 2. The van der Waals surface area contributed by atoms with Gasteiger partial charge in [-0.3, -0.25) is 0 Å². The van der Waals surface area contributed by atoms with E-state index in [4.69, 9.17) is 9.73 Å². The van der Waals surface area contributed by atoms with Crippen molar-refractivity contribution in [2.75, 3.05) is 44.8 Å². The molecular formula is C23H37IN4O. The molecule has 3 rings (SSSR count). The first-order chi connectivity index (χ1) is 13.7. The van der Waals surface area contributed by atoms with Crippen molar-refractivity contribution in [3.8, 4) is 0 Å². The summed E-state index contributed by atoms with van der Waals surface area (Å²) < 4.78 is 5.36. The predicted molar refractivity (Wildman–Crippen MR) is 133 cm³/mol. The van der Waals surface area contributed by atoms with E-state index in [-0.39, 0.29) is 24.0 Å². The molecule has 1 aromatic carbocycles. The van der Waals surface area contributed by atoms with Gasteiger partial charge in [-0.05, 0) is 49.3 Å². The van der Waals surface area contributed by atoms with Crippen LogP contribution in [0.15, 0.2) is 41.4 Å². The summed E-state index contributed by atoms with van der Waals surface area (Å²) in [6, 6.07) is 8.74. The fraction of sp³-hybridized carbons (Fsp3) is 0.609. The second-order valence-corrected chi connectivity index (χ2v) is 8.04. The number of rotatable bonds is 9. The predicted octanol–water partition coefficient (Wildman–Crippen LogP) is 4.33. The van der Waals surface area contributed by atoms with Crippen molar-refractivity contribution in [1.82, 2.24) is 10.6 Å². The van der Waals surface area contributed by atoms with Crippen LogP contribution < -0.4 is 15.5 Å². The SMILES string of the molecule is CCNC(=NCc1cccc(N2CC=CC2)c1)NCC1(CCOC)CCCC1.I. The van der Waals surface area contributed by atoms with Crippen molar-refractivity contribution < 1.29 is 4.74 Å². The van der Waals surface area contributed by atoms with E-state index < -0.39 is 0 Å². The molecule has 0 amide bonds. The highest BCUT2D eigenvalue weighted by Gasteiger charge is 2.33. The maximum Gasteiger partial charge on any atom is 0.191 e. The zero-order valence-electron chi connectivity index (χ0n) is 18.0. The summed E-state index contributed by atoms with van der Waals surface area (Å²) in [4.78, 5) is 7.22. The molecule has 1 aliphatic heterocycles. The quantitative estimate of drug-likeness (QED) is 0.224. The fourth-order valence-corrected chi connectivity index (χ4v) is 4.28. The van der Waals surface area contributed by atoms with Crippen molar-refractivity contribution in [3.63, 3.8) is 0 Å². The van der Waals surface area contributed by atoms with E-state index in [1.165, 1.54) is 36.9 Å². The normalized spacial score (nSPS) is 18.0. The Balaban J connectivity index is 0.00000300. The highest BCUT2D eigenvalue weighted by Crippen LogP contribution is 2.40. The van der Waals surface area contributed by atoms with E-state index in [2.05, 4.69) is 58.9 Å². The van der Waals surface area contributed by atoms with Crippen molar-refractivity contribution in [2.45, 2.75) is 45.6 Å². The van der Waals surface area contributed by atoms with Gasteiger partial charge in [0, 0.05) is 45.6 Å². The second kappa shape index (κ2) is 12.4. The first-order valence-corrected chi connectivity index (χ1v) is 10.7. The van der Waals surface area contributed by atoms with Crippen molar-refractivity contribution >= 4 is 35.6 Å². The van der Waals surface area contributed by atoms with Crippen LogP contribution in [0.3, 0.4) is 0 Å². The Bertz CT molecular complexity index is 663. The fourth-order valence-electron chi connectivity index (χ4n) is 4.28. The average molecular weight is 512 g/mol. The number of ether oxygens (including phenoxy) is 1. The number of guanidine groups is 1. The molecule has 2 N–H and O–H groups in total. The van der Waals surface area contributed by atoms with E-state index in [1.807, 2.05) is 0 Å². The number of anilines is 1. The molecule has 1 aliphatic carbocycles. The van der Waals surface area contributed by atoms with Gasteiger partial charge in [-0.2, -0.15) is 0 Å². The molecular weight excluding hydrogens is 475 g/mol. The van der Waals surface area contributed by atoms with E-state index in [0.717, 1.165) is 45.2 Å². The summed E-state index contributed by atoms with van der Waals surface area (Å²) >= 11 is 0. The molecule has 0 aromatic heterocycles. The molecule has 0 saturated heterocycles. The Hall–Kier alpha value is -1.28. The van der Waals surface area contributed by atoms with E-state index in [1.54, 1.807) is 7.11 Å². The standard InChI is InChI=1S/C23H36N4O.HI/c1-3-24-22(26-19-23(13-16-28-2)11-4-5-12-23)25-18-20-9-8-10-21(17-20)27-14-6-7-15-27;/h6-10,17H,3-5,11-16,18-19H2,1-2H3,(H2,24,25,26);1H. The van der Waals surface area contributed by atoms with Gasteiger partial charge in [0.15, 0.2) is 5.96 Å². The molecule has 1 fully saturated rings. The number of benzene rings is 1. The lowest BCUT2D eigenvalue weighted by atomic mass is 9.83. The molecule has 2 aliphatic rings. The summed E-state index contributed by atoms with van der Waals surface area (Å²) in [5.41, 5.74) is 2.88. The molecule has 6 heteroatoms. The minimum absolute atomic E-state index is 0. The van der Waals surface area contributed by atoms with Gasteiger partial charge in [0.2, 0.25) is 0 Å². The average Bonchev–Trinajstić information content (AvgIpc) is 3.42. The lowest BCUT2D eigenvalue weighted by molar-refractivity contribution is 0.138. The van der Waals surface area contributed by atoms with Gasteiger partial charge in [-0.1, -0.05) is 37.1 Å². The number of hydrogen-bond acceptors (Lipinski definition) is 3. The van der Waals surface area contributed by atoms with Crippen LogP contribution in [0.4, 0.5) is 5.69 Å². The smallest absolute Gasteiger partial charge is 0.191 e. The number of methoxy groups -OCH3 is 1. The minimum Gasteiger partial charge on any atom is -0.385 e. The maximum absolute atomic E-state index is 5.36. The molecule has 162 valence electrons. The third kappa shape index (κ3) is 7.17. The Morgan fingerprint density at radius 1 is 1.17 bits per heavy atom. The van der Waals surface area contributed by atoms with Crippen LogP contribution in [0, 0.1) is 5.41 Å². The summed E-state index contributed by atoms with van der Waals surface area (Å²) in [5, 5.41) is 7.02. The van der Waals surface area contributed by atoms with E-state index in [9.17, 15) is 0 Å². The van der Waals surface area contributed by atoms with Gasteiger partial charge in [0.05, 0.1) is 6.54 Å². The van der Waals surface area contributed by atoms with Crippen LogP contribution >= 0.6 is 24.0 Å². The number of halogens is 1. The molecule has 0 unspecified atom stereocenters. The number of aliphatic imine (C=N–C) groups is 1. The number of nitrogens with one attached hydrogen (secondary N) is 2. The molecule has 1 saturated carbocycles. The highest BCUT2D eigenvalue weighted by molar-refractivity contribution is 14.0. The zero-order valence-corrected chi connectivity index (χ0v) is 20.3. The van der Waals surface area contributed by atoms with Crippen LogP contribution in [0.25, 0.3) is 0 Å². The van der Waals surface area contributed by atoms with Crippen molar-refractivity contribution in [2.24, 2.45) is 10.4 Å². The molecule has 29 heavy (non-hydrogen) atoms. The monoisotopic (exact) mass is 512 g/mol.